The third-order valence-electron chi connectivity index (χ3n) is 3.78. The van der Waals surface area contributed by atoms with Gasteiger partial charge in [0, 0.05) is 17.0 Å². The van der Waals surface area contributed by atoms with Gasteiger partial charge in [-0.2, -0.15) is 0 Å². The van der Waals surface area contributed by atoms with Crippen LogP contribution < -0.4 is 25.3 Å². The summed E-state index contributed by atoms with van der Waals surface area (Å²) in [5.41, 5.74) is 10.5. The second-order valence-corrected chi connectivity index (χ2v) is 6.25. The number of aromatic nitrogens is 1. The molecule has 140 valence electrons. The van der Waals surface area contributed by atoms with Gasteiger partial charge in [0.2, 0.25) is 0 Å². The zero-order valence-electron chi connectivity index (χ0n) is 14.9. The van der Waals surface area contributed by atoms with Gasteiger partial charge in [0.25, 0.3) is 5.91 Å². The molecule has 1 heterocycles. The fraction of sp³-hybridized carbons (Fsp3) is 0.158. The first kappa shape index (κ1) is 18.5. The van der Waals surface area contributed by atoms with Crippen LogP contribution in [0.4, 0.5) is 11.4 Å². The van der Waals surface area contributed by atoms with Crippen LogP contribution in [0.1, 0.15) is 0 Å². The maximum absolute atomic E-state index is 12.2. The molecule has 0 radical (unpaired) electrons. The first-order chi connectivity index (χ1) is 13.1. The number of carbonyl (C=O) groups excluding carboxylic acids is 1. The smallest absolute Gasteiger partial charge is 0.262 e. The Bertz CT molecular complexity index is 929. The predicted molar refractivity (Wildman–Crippen MR) is 106 cm³/mol. The summed E-state index contributed by atoms with van der Waals surface area (Å²) in [6, 6.07) is 10.5. The first-order valence-corrected chi connectivity index (χ1v) is 8.97. The lowest BCUT2D eigenvalue weighted by atomic mass is 10.1. The van der Waals surface area contributed by atoms with Gasteiger partial charge in [-0.3, -0.25) is 4.79 Å². The zero-order chi connectivity index (χ0) is 19.2. The van der Waals surface area contributed by atoms with Crippen LogP contribution in [0, 0.1) is 0 Å². The molecule has 7 nitrogen and oxygen atoms in total. The van der Waals surface area contributed by atoms with E-state index in [4.69, 9.17) is 19.9 Å². The van der Waals surface area contributed by atoms with E-state index >= 15 is 0 Å². The van der Waals surface area contributed by atoms with Gasteiger partial charge in [0.05, 0.1) is 36.8 Å². The highest BCUT2D eigenvalue weighted by molar-refractivity contribution is 7.07. The maximum Gasteiger partial charge on any atom is 0.262 e. The summed E-state index contributed by atoms with van der Waals surface area (Å²) >= 11 is 1.51. The summed E-state index contributed by atoms with van der Waals surface area (Å²) in [5, 5.41) is 4.68. The van der Waals surface area contributed by atoms with E-state index in [1.54, 1.807) is 43.0 Å². The van der Waals surface area contributed by atoms with Crippen LogP contribution in [-0.2, 0) is 4.79 Å². The summed E-state index contributed by atoms with van der Waals surface area (Å²) < 4.78 is 15.9. The molecule has 0 unspecified atom stereocenters. The molecule has 0 saturated carbocycles. The lowest BCUT2D eigenvalue weighted by Crippen LogP contribution is -2.20. The number of amides is 1. The highest BCUT2D eigenvalue weighted by atomic mass is 32.1. The van der Waals surface area contributed by atoms with Gasteiger partial charge in [-0.25, -0.2) is 4.98 Å². The molecule has 0 aliphatic carbocycles. The van der Waals surface area contributed by atoms with E-state index in [2.05, 4.69) is 10.3 Å². The monoisotopic (exact) mass is 385 g/mol. The Labute approximate surface area is 160 Å². The number of nitrogens with one attached hydrogen (secondary N) is 1. The van der Waals surface area contributed by atoms with Crippen LogP contribution in [0.15, 0.2) is 47.3 Å². The van der Waals surface area contributed by atoms with Crippen LogP contribution in [-0.4, -0.2) is 31.7 Å². The number of benzene rings is 2. The summed E-state index contributed by atoms with van der Waals surface area (Å²) in [6.45, 7) is -0.185. The number of rotatable bonds is 7. The van der Waals surface area contributed by atoms with Crippen molar-refractivity contribution in [2.75, 3.05) is 31.9 Å². The minimum Gasteiger partial charge on any atom is -0.497 e. The van der Waals surface area contributed by atoms with Crippen LogP contribution in [0.2, 0.25) is 0 Å². The SMILES string of the molecule is COc1ccc(NC(=O)COc2ccc(-c3cscn3)cc2N)c(OC)c1. The second kappa shape index (κ2) is 8.41. The molecule has 8 heteroatoms. The predicted octanol–water partition coefficient (Wildman–Crippen LogP) is 3.43. The van der Waals surface area contributed by atoms with Crippen LogP contribution >= 0.6 is 11.3 Å². The van der Waals surface area contributed by atoms with E-state index in [0.717, 1.165) is 11.3 Å². The molecule has 0 spiro atoms. The van der Waals surface area contributed by atoms with E-state index in [-0.39, 0.29) is 12.5 Å². The van der Waals surface area contributed by atoms with Crippen LogP contribution in [0.3, 0.4) is 0 Å². The quantitative estimate of drug-likeness (QED) is 0.605. The molecule has 0 atom stereocenters. The maximum atomic E-state index is 12.2. The Kier molecular flexibility index (Phi) is 5.77. The van der Waals surface area contributed by atoms with Crippen LogP contribution in [0.25, 0.3) is 11.3 Å². The molecule has 1 amide bonds. The van der Waals surface area contributed by atoms with Crippen molar-refractivity contribution in [3.63, 3.8) is 0 Å². The van der Waals surface area contributed by atoms with Crippen molar-refractivity contribution in [3.8, 4) is 28.5 Å². The van der Waals surface area contributed by atoms with Crippen molar-refractivity contribution in [2.24, 2.45) is 0 Å². The van der Waals surface area contributed by atoms with Crippen molar-refractivity contribution in [3.05, 3.63) is 47.3 Å². The van der Waals surface area contributed by atoms with Crippen molar-refractivity contribution < 1.29 is 19.0 Å². The fourth-order valence-electron chi connectivity index (χ4n) is 2.43. The minimum absolute atomic E-state index is 0.185. The third kappa shape index (κ3) is 4.48. The van der Waals surface area contributed by atoms with Crippen molar-refractivity contribution in [1.82, 2.24) is 4.98 Å². The van der Waals surface area contributed by atoms with E-state index in [1.165, 1.54) is 18.4 Å². The number of hydrogen-bond donors (Lipinski definition) is 2. The van der Waals surface area contributed by atoms with Crippen LogP contribution in [0.5, 0.6) is 17.2 Å². The number of methoxy groups -OCH3 is 2. The summed E-state index contributed by atoms with van der Waals surface area (Å²) in [7, 11) is 3.08. The van der Waals surface area contributed by atoms with Crippen molar-refractivity contribution >= 4 is 28.6 Å². The number of thiazole rings is 1. The molecule has 2 aromatic carbocycles. The number of carbonyl (C=O) groups is 1. The molecule has 3 rings (SSSR count). The van der Waals surface area contributed by atoms with E-state index in [0.29, 0.717) is 28.6 Å². The number of ether oxygens (including phenoxy) is 3. The molecule has 0 aliphatic heterocycles. The van der Waals surface area contributed by atoms with Gasteiger partial charge in [0.1, 0.15) is 17.2 Å². The molecular weight excluding hydrogens is 366 g/mol. The largest absolute Gasteiger partial charge is 0.497 e. The van der Waals surface area contributed by atoms with Crippen molar-refractivity contribution in [2.45, 2.75) is 0 Å². The molecular formula is C19H19N3O4S. The number of anilines is 2. The summed E-state index contributed by atoms with van der Waals surface area (Å²) in [5.74, 6) is 1.23. The van der Waals surface area contributed by atoms with Crippen molar-refractivity contribution in [1.29, 1.82) is 0 Å². The molecule has 1 aromatic heterocycles. The molecule has 3 N–H and O–H groups in total. The van der Waals surface area contributed by atoms with Gasteiger partial charge < -0.3 is 25.3 Å². The first-order valence-electron chi connectivity index (χ1n) is 8.03. The highest BCUT2D eigenvalue weighted by Crippen LogP contribution is 2.30. The number of nitrogens with zero attached hydrogens (tertiary/aromatic N) is 1. The lowest BCUT2D eigenvalue weighted by Gasteiger charge is -2.13. The summed E-state index contributed by atoms with van der Waals surface area (Å²) in [4.78, 5) is 16.4. The summed E-state index contributed by atoms with van der Waals surface area (Å²) in [6.07, 6.45) is 0. The molecule has 0 saturated heterocycles. The number of nitrogens with two attached hydrogens (primary N) is 1. The Morgan fingerprint density at radius 1 is 1.15 bits per heavy atom. The Morgan fingerprint density at radius 2 is 2.00 bits per heavy atom. The Hall–Kier alpha value is -3.26. The lowest BCUT2D eigenvalue weighted by molar-refractivity contribution is -0.118. The Balaban J connectivity index is 1.62. The average molecular weight is 385 g/mol. The van der Waals surface area contributed by atoms with Gasteiger partial charge in [-0.05, 0) is 30.3 Å². The number of hydrogen-bond acceptors (Lipinski definition) is 7. The van der Waals surface area contributed by atoms with E-state index < -0.39 is 0 Å². The zero-order valence-corrected chi connectivity index (χ0v) is 15.7. The third-order valence-corrected chi connectivity index (χ3v) is 4.37. The Morgan fingerprint density at radius 3 is 2.67 bits per heavy atom. The van der Waals surface area contributed by atoms with E-state index in [1.807, 2.05) is 11.4 Å². The number of nitrogen functional groups attached to an aromatic ring is 1. The van der Waals surface area contributed by atoms with Gasteiger partial charge in [0.15, 0.2) is 6.61 Å². The molecule has 0 bridgehead atoms. The standard InChI is InChI=1S/C19H19N3O4S/c1-24-13-4-5-15(18(8-13)25-2)22-19(23)9-26-17-6-3-12(7-14(17)20)16-10-27-11-21-16/h3-8,10-11H,9,20H2,1-2H3,(H,22,23). The topological polar surface area (TPSA) is 95.7 Å². The average Bonchev–Trinajstić information content (AvgIpc) is 3.22. The molecule has 27 heavy (non-hydrogen) atoms. The van der Waals surface area contributed by atoms with E-state index in [9.17, 15) is 4.79 Å². The normalized spacial score (nSPS) is 10.3. The van der Waals surface area contributed by atoms with Gasteiger partial charge in [-0.1, -0.05) is 0 Å². The molecule has 0 aliphatic rings. The molecule has 0 fully saturated rings. The second-order valence-electron chi connectivity index (χ2n) is 5.53. The fourth-order valence-corrected chi connectivity index (χ4v) is 2.99. The van der Waals surface area contributed by atoms with Gasteiger partial charge >= 0.3 is 0 Å². The minimum atomic E-state index is -0.332. The highest BCUT2D eigenvalue weighted by Gasteiger charge is 2.11. The molecule has 3 aromatic rings. The van der Waals surface area contributed by atoms with Gasteiger partial charge in [-0.15, -0.1) is 11.3 Å².